The monoisotopic (exact) mass is 249 g/mol. The summed E-state index contributed by atoms with van der Waals surface area (Å²) in [6, 6.07) is 19.0. The fourth-order valence-electron chi connectivity index (χ4n) is 1.93. The summed E-state index contributed by atoms with van der Waals surface area (Å²) in [6.45, 7) is 0. The molecule has 0 spiro atoms. The molecule has 0 bridgehead atoms. The van der Waals surface area contributed by atoms with Gasteiger partial charge in [-0.05, 0) is 24.3 Å². The number of benzene rings is 2. The average molecular weight is 249 g/mol. The maximum atomic E-state index is 9.68. The molecule has 2 nitrogen and oxygen atoms in total. The number of hydrogen-bond acceptors (Lipinski definition) is 1. The molecule has 2 heteroatoms. The first-order chi connectivity index (χ1) is 9.33. The minimum absolute atomic E-state index is 0.263. The Balaban J connectivity index is 1.95. The van der Waals surface area contributed by atoms with E-state index in [0.717, 1.165) is 22.3 Å². The Morgan fingerprint density at radius 2 is 1.58 bits per heavy atom. The molecule has 3 rings (SSSR count). The van der Waals surface area contributed by atoms with Gasteiger partial charge in [0.25, 0.3) is 0 Å². The molecule has 0 fully saturated rings. The number of rotatable bonds is 2. The Bertz CT molecular complexity index is 745. The van der Waals surface area contributed by atoms with Crippen LogP contribution in [0.2, 0.25) is 0 Å². The maximum absolute atomic E-state index is 9.68. The third-order valence-corrected chi connectivity index (χ3v) is 2.94. The zero-order valence-electron chi connectivity index (χ0n) is 10.3. The Morgan fingerprint density at radius 3 is 2.47 bits per heavy atom. The molecule has 0 aliphatic rings. The summed E-state index contributed by atoms with van der Waals surface area (Å²) in [5, 5.41) is 10.7. The number of hydrogen-bond donors (Lipinski definition) is 1. The van der Waals surface area contributed by atoms with Crippen LogP contribution in [0.3, 0.4) is 0 Å². The van der Waals surface area contributed by atoms with Gasteiger partial charge >= 0.3 is 11.3 Å². The van der Waals surface area contributed by atoms with Gasteiger partial charge in [-0.3, -0.25) is 0 Å². The van der Waals surface area contributed by atoms with E-state index < -0.39 is 0 Å². The van der Waals surface area contributed by atoms with Gasteiger partial charge in [0.15, 0.2) is 0 Å². The first-order valence-corrected chi connectivity index (χ1v) is 6.11. The van der Waals surface area contributed by atoms with Crippen LogP contribution in [0.1, 0.15) is 11.3 Å². The number of phenolic OH excluding ortho intramolecular Hbond substituents is 1. The zero-order valence-corrected chi connectivity index (χ0v) is 10.3. The summed E-state index contributed by atoms with van der Waals surface area (Å²) in [5.74, 6) is 1.02. The summed E-state index contributed by atoms with van der Waals surface area (Å²) in [5.41, 5.74) is 1.62. The van der Waals surface area contributed by atoms with Crippen molar-refractivity contribution in [1.29, 1.82) is 0 Å². The summed E-state index contributed by atoms with van der Waals surface area (Å²) in [6.07, 6.45) is 3.68. The SMILES string of the molecule is Oc1ccccc1/C=C/c1ccc2ccccc2[o+]1. The molecule has 0 amide bonds. The molecule has 0 unspecified atom stereocenters. The predicted octanol–water partition coefficient (Wildman–Crippen LogP) is 4.59. The molecular weight excluding hydrogens is 236 g/mol. The molecule has 0 saturated carbocycles. The van der Waals surface area contributed by atoms with Gasteiger partial charge in [0.2, 0.25) is 0 Å². The van der Waals surface area contributed by atoms with Crippen molar-refractivity contribution in [2.45, 2.75) is 0 Å². The van der Waals surface area contributed by atoms with Crippen LogP contribution in [-0.4, -0.2) is 5.11 Å². The van der Waals surface area contributed by atoms with Crippen LogP contribution in [0.15, 0.2) is 65.1 Å². The van der Waals surface area contributed by atoms with E-state index in [1.165, 1.54) is 0 Å². The normalized spacial score (nSPS) is 11.2. The van der Waals surface area contributed by atoms with Crippen LogP contribution in [0, 0.1) is 0 Å². The largest absolute Gasteiger partial charge is 0.507 e. The van der Waals surface area contributed by atoms with Gasteiger partial charge < -0.3 is 5.11 Å². The highest BCUT2D eigenvalue weighted by molar-refractivity contribution is 5.78. The van der Waals surface area contributed by atoms with Crippen molar-refractivity contribution in [3.05, 3.63) is 72.0 Å². The molecule has 0 saturated heterocycles. The van der Waals surface area contributed by atoms with Crippen molar-refractivity contribution in [3.63, 3.8) is 0 Å². The van der Waals surface area contributed by atoms with E-state index in [9.17, 15) is 5.11 Å². The van der Waals surface area contributed by atoms with E-state index >= 15 is 0 Å². The Morgan fingerprint density at radius 1 is 0.789 bits per heavy atom. The second-order valence-corrected chi connectivity index (χ2v) is 4.27. The quantitative estimate of drug-likeness (QED) is 0.673. The second-order valence-electron chi connectivity index (χ2n) is 4.27. The van der Waals surface area contributed by atoms with Crippen LogP contribution in [0.4, 0.5) is 0 Å². The van der Waals surface area contributed by atoms with Gasteiger partial charge in [0, 0.05) is 23.8 Å². The van der Waals surface area contributed by atoms with Crippen molar-refractivity contribution in [2.75, 3.05) is 0 Å². The molecule has 0 aliphatic heterocycles. The van der Waals surface area contributed by atoms with Crippen molar-refractivity contribution in [3.8, 4) is 5.75 Å². The molecule has 2 aromatic carbocycles. The molecule has 0 atom stereocenters. The first-order valence-electron chi connectivity index (χ1n) is 6.11. The van der Waals surface area contributed by atoms with Crippen molar-refractivity contribution in [2.24, 2.45) is 0 Å². The average Bonchev–Trinajstić information content (AvgIpc) is 2.46. The lowest BCUT2D eigenvalue weighted by molar-refractivity contribution is 0.474. The first kappa shape index (κ1) is 11.5. The molecule has 92 valence electrons. The number of aromatic hydroxyl groups is 1. The smallest absolute Gasteiger partial charge is 0.360 e. The lowest BCUT2D eigenvalue weighted by Crippen LogP contribution is -1.76. The van der Waals surface area contributed by atoms with Gasteiger partial charge in [-0.25, -0.2) is 4.42 Å². The lowest BCUT2D eigenvalue weighted by atomic mass is 10.1. The van der Waals surface area contributed by atoms with E-state index in [-0.39, 0.29) is 5.75 Å². The van der Waals surface area contributed by atoms with Crippen LogP contribution in [-0.2, 0) is 0 Å². The van der Waals surface area contributed by atoms with Gasteiger partial charge in [0.1, 0.15) is 5.75 Å². The second kappa shape index (κ2) is 4.94. The van der Waals surface area contributed by atoms with E-state index in [1.54, 1.807) is 12.1 Å². The Labute approximate surface area is 111 Å². The number of para-hydroxylation sites is 2. The Hall–Kier alpha value is -2.61. The Kier molecular flexibility index (Phi) is 2.99. The third-order valence-electron chi connectivity index (χ3n) is 2.94. The van der Waals surface area contributed by atoms with Crippen molar-refractivity contribution < 1.29 is 9.52 Å². The van der Waals surface area contributed by atoms with Gasteiger partial charge in [-0.2, -0.15) is 0 Å². The maximum Gasteiger partial charge on any atom is 0.360 e. The topological polar surface area (TPSA) is 31.5 Å². The van der Waals surface area contributed by atoms with Gasteiger partial charge in [0.05, 0.1) is 5.39 Å². The molecule has 3 aromatic rings. The third kappa shape index (κ3) is 2.47. The molecule has 0 radical (unpaired) electrons. The highest BCUT2D eigenvalue weighted by Gasteiger charge is 2.08. The summed E-state index contributed by atoms with van der Waals surface area (Å²) in [4.78, 5) is 0. The van der Waals surface area contributed by atoms with Crippen LogP contribution in [0.25, 0.3) is 23.1 Å². The fraction of sp³-hybridized carbons (Fsp3) is 0. The minimum atomic E-state index is 0.263. The van der Waals surface area contributed by atoms with E-state index in [1.807, 2.05) is 60.7 Å². The fourth-order valence-corrected chi connectivity index (χ4v) is 1.93. The molecular formula is C17H13O2+. The molecule has 1 heterocycles. The van der Waals surface area contributed by atoms with Gasteiger partial charge in [-0.1, -0.05) is 30.3 Å². The molecule has 0 aliphatic carbocycles. The summed E-state index contributed by atoms with van der Waals surface area (Å²) >= 11 is 0. The molecule has 19 heavy (non-hydrogen) atoms. The van der Waals surface area contributed by atoms with E-state index in [2.05, 4.69) is 0 Å². The van der Waals surface area contributed by atoms with Crippen molar-refractivity contribution >= 4 is 23.1 Å². The standard InChI is InChI=1S/C17H12O2/c18-16-7-3-1-5-13(16)9-11-15-12-10-14-6-2-4-8-17(14)19-15/h1-12H/p+1/b11-9+. The highest BCUT2D eigenvalue weighted by Crippen LogP contribution is 2.20. The summed E-state index contributed by atoms with van der Waals surface area (Å²) in [7, 11) is 0. The van der Waals surface area contributed by atoms with Crippen LogP contribution >= 0.6 is 0 Å². The van der Waals surface area contributed by atoms with E-state index in [4.69, 9.17) is 4.42 Å². The molecule has 1 aromatic heterocycles. The zero-order chi connectivity index (χ0) is 13.1. The molecule has 1 N–H and O–H groups in total. The van der Waals surface area contributed by atoms with Crippen LogP contribution < -0.4 is 0 Å². The number of fused-ring (bicyclic) bond motifs is 1. The summed E-state index contributed by atoms with van der Waals surface area (Å²) < 4.78 is 5.75. The predicted molar refractivity (Wildman–Crippen MR) is 77.7 cm³/mol. The van der Waals surface area contributed by atoms with Crippen LogP contribution in [0.5, 0.6) is 5.75 Å². The van der Waals surface area contributed by atoms with Crippen molar-refractivity contribution in [1.82, 2.24) is 0 Å². The minimum Gasteiger partial charge on any atom is -0.507 e. The lowest BCUT2D eigenvalue weighted by Gasteiger charge is -1.95. The highest BCUT2D eigenvalue weighted by atomic mass is 16.3. The van der Waals surface area contributed by atoms with Gasteiger partial charge in [-0.15, -0.1) is 0 Å². The van der Waals surface area contributed by atoms with E-state index in [0.29, 0.717) is 0 Å². The number of phenols is 1.